The van der Waals surface area contributed by atoms with Gasteiger partial charge in [-0.2, -0.15) is 13.2 Å². The van der Waals surface area contributed by atoms with Crippen molar-refractivity contribution in [3.8, 4) is 16.9 Å². The van der Waals surface area contributed by atoms with Crippen LogP contribution >= 0.6 is 15.9 Å². The lowest BCUT2D eigenvalue weighted by molar-refractivity contribution is -0.137. The molecule has 0 saturated heterocycles. The number of para-hydroxylation sites is 1. The zero-order valence-corrected chi connectivity index (χ0v) is 21.2. The van der Waals surface area contributed by atoms with Gasteiger partial charge in [-0.25, -0.2) is 0 Å². The monoisotopic (exact) mass is 556 g/mol. The van der Waals surface area contributed by atoms with Crippen LogP contribution < -0.4 is 5.32 Å². The van der Waals surface area contributed by atoms with Crippen LogP contribution in [-0.2, 0) is 6.18 Å². The van der Waals surface area contributed by atoms with Gasteiger partial charge in [0.05, 0.1) is 28.6 Å². The van der Waals surface area contributed by atoms with E-state index in [1.807, 2.05) is 43.3 Å². The van der Waals surface area contributed by atoms with Gasteiger partial charge in [-0.3, -0.25) is 9.78 Å². The molecule has 1 atom stereocenters. The van der Waals surface area contributed by atoms with Gasteiger partial charge in [0.2, 0.25) is 0 Å². The van der Waals surface area contributed by atoms with Gasteiger partial charge < -0.3 is 14.8 Å². The Morgan fingerprint density at radius 2 is 1.75 bits per heavy atom. The third kappa shape index (κ3) is 5.68. The standard InChI is InChI=1S/C27H24BrF3N4O/c1-34(2)17-22(33-26(36)19-6-5-15-32-16-19)25-14-13-23(18-9-11-20(28)12-10-18)35(25)24-8-4-3-7-21(24)27(29,30)31/h3-16,22H,17H2,1-2H3,(H,33,36). The van der Waals surface area contributed by atoms with Crippen LogP contribution in [0.1, 0.15) is 27.7 Å². The maximum atomic E-state index is 14.1. The molecule has 2 aromatic heterocycles. The van der Waals surface area contributed by atoms with E-state index < -0.39 is 17.8 Å². The lowest BCUT2D eigenvalue weighted by Gasteiger charge is -2.26. The van der Waals surface area contributed by atoms with Crippen molar-refractivity contribution in [3.05, 3.63) is 106 Å². The van der Waals surface area contributed by atoms with Crippen LogP contribution in [-0.4, -0.2) is 41.0 Å². The summed E-state index contributed by atoms with van der Waals surface area (Å²) < 4.78 is 44.7. The van der Waals surface area contributed by atoms with Crippen molar-refractivity contribution in [2.45, 2.75) is 12.2 Å². The first-order valence-electron chi connectivity index (χ1n) is 11.1. The molecule has 0 aliphatic rings. The van der Waals surface area contributed by atoms with Gasteiger partial charge in [-0.05, 0) is 68.2 Å². The number of benzene rings is 2. The topological polar surface area (TPSA) is 50.2 Å². The highest BCUT2D eigenvalue weighted by Gasteiger charge is 2.35. The average molecular weight is 557 g/mol. The fourth-order valence-electron chi connectivity index (χ4n) is 4.06. The molecule has 0 fully saturated rings. The Morgan fingerprint density at radius 3 is 2.39 bits per heavy atom. The molecule has 0 aliphatic heterocycles. The summed E-state index contributed by atoms with van der Waals surface area (Å²) in [4.78, 5) is 18.9. The fourth-order valence-corrected chi connectivity index (χ4v) is 4.33. The van der Waals surface area contributed by atoms with Gasteiger partial charge in [-0.15, -0.1) is 0 Å². The van der Waals surface area contributed by atoms with Gasteiger partial charge in [0.1, 0.15) is 0 Å². The number of carbonyl (C=O) groups excluding carboxylic acids is 1. The van der Waals surface area contributed by atoms with Crippen molar-refractivity contribution in [2.24, 2.45) is 0 Å². The highest BCUT2D eigenvalue weighted by molar-refractivity contribution is 9.10. The van der Waals surface area contributed by atoms with Crippen molar-refractivity contribution in [1.29, 1.82) is 0 Å². The molecule has 4 rings (SSSR count). The number of hydrogen-bond donors (Lipinski definition) is 1. The molecule has 0 radical (unpaired) electrons. The predicted octanol–water partition coefficient (Wildman–Crippen LogP) is 6.35. The Balaban J connectivity index is 1.90. The number of rotatable bonds is 7. The summed E-state index contributed by atoms with van der Waals surface area (Å²) in [5.41, 5.74) is 1.43. The maximum Gasteiger partial charge on any atom is 0.418 e. The Bertz CT molecular complexity index is 1340. The summed E-state index contributed by atoms with van der Waals surface area (Å²) in [6.45, 7) is 0.365. The molecule has 4 aromatic rings. The second kappa shape index (κ2) is 10.7. The van der Waals surface area contributed by atoms with Gasteiger partial charge in [0.25, 0.3) is 5.91 Å². The lowest BCUT2D eigenvalue weighted by Crippen LogP contribution is -2.36. The Hall–Kier alpha value is -3.43. The molecule has 2 heterocycles. The molecule has 0 bridgehead atoms. The van der Waals surface area contributed by atoms with Crippen molar-refractivity contribution in [2.75, 3.05) is 20.6 Å². The number of nitrogens with one attached hydrogen (secondary N) is 1. The highest BCUT2D eigenvalue weighted by atomic mass is 79.9. The minimum atomic E-state index is -4.56. The average Bonchev–Trinajstić information content (AvgIpc) is 3.29. The Morgan fingerprint density at radius 1 is 1.03 bits per heavy atom. The van der Waals surface area contributed by atoms with Crippen LogP contribution in [0.25, 0.3) is 16.9 Å². The molecular weight excluding hydrogens is 533 g/mol. The largest absolute Gasteiger partial charge is 0.418 e. The van der Waals surface area contributed by atoms with Crippen LogP contribution in [0.2, 0.25) is 0 Å². The number of nitrogens with zero attached hydrogens (tertiary/aromatic N) is 3. The van der Waals surface area contributed by atoms with Crippen LogP contribution in [0.4, 0.5) is 13.2 Å². The molecule has 0 aliphatic carbocycles. The van der Waals surface area contributed by atoms with E-state index in [0.717, 1.165) is 16.1 Å². The fraction of sp³-hybridized carbons (Fsp3) is 0.185. The number of likely N-dealkylation sites (N-methyl/N-ethyl adjacent to an activating group) is 1. The smallest absolute Gasteiger partial charge is 0.342 e. The second-order valence-corrected chi connectivity index (χ2v) is 9.45. The molecule has 2 aromatic carbocycles. The lowest BCUT2D eigenvalue weighted by atomic mass is 10.1. The van der Waals surface area contributed by atoms with Crippen molar-refractivity contribution < 1.29 is 18.0 Å². The quantitative estimate of drug-likeness (QED) is 0.288. The molecule has 5 nitrogen and oxygen atoms in total. The number of alkyl halides is 3. The van der Waals surface area contributed by atoms with Gasteiger partial charge in [-0.1, -0.05) is 40.2 Å². The SMILES string of the molecule is CN(C)CC(NC(=O)c1cccnc1)c1ccc(-c2ccc(Br)cc2)n1-c1ccccc1C(F)(F)F. The van der Waals surface area contributed by atoms with E-state index in [4.69, 9.17) is 0 Å². The molecule has 186 valence electrons. The molecule has 0 saturated carbocycles. The number of pyridine rings is 1. The van der Waals surface area contributed by atoms with E-state index in [1.54, 1.807) is 41.1 Å². The van der Waals surface area contributed by atoms with Crippen molar-refractivity contribution in [1.82, 2.24) is 19.8 Å². The molecule has 1 N–H and O–H groups in total. The van der Waals surface area contributed by atoms with E-state index in [2.05, 4.69) is 26.2 Å². The normalized spacial score (nSPS) is 12.5. The number of halogens is 4. The van der Waals surface area contributed by atoms with Crippen LogP contribution in [0, 0.1) is 0 Å². The van der Waals surface area contributed by atoms with Gasteiger partial charge >= 0.3 is 6.18 Å². The molecule has 1 unspecified atom stereocenters. The number of hydrogen-bond acceptors (Lipinski definition) is 3. The summed E-state index contributed by atoms with van der Waals surface area (Å²) in [6.07, 6.45) is -1.55. The van der Waals surface area contributed by atoms with E-state index >= 15 is 0 Å². The van der Waals surface area contributed by atoms with E-state index in [1.165, 1.54) is 18.3 Å². The van der Waals surface area contributed by atoms with Gasteiger partial charge in [0.15, 0.2) is 0 Å². The van der Waals surface area contributed by atoms with Crippen molar-refractivity contribution in [3.63, 3.8) is 0 Å². The van der Waals surface area contributed by atoms with Crippen LogP contribution in [0.15, 0.2) is 89.7 Å². The summed E-state index contributed by atoms with van der Waals surface area (Å²) in [6, 6.07) is 19.0. The molecule has 1 amide bonds. The molecule has 36 heavy (non-hydrogen) atoms. The summed E-state index contributed by atoms with van der Waals surface area (Å²) in [7, 11) is 3.69. The van der Waals surface area contributed by atoms with Gasteiger partial charge in [0, 0.05) is 29.1 Å². The van der Waals surface area contributed by atoms with Crippen LogP contribution in [0.5, 0.6) is 0 Å². The maximum absolute atomic E-state index is 14.1. The minimum Gasteiger partial charge on any atom is -0.342 e. The second-order valence-electron chi connectivity index (χ2n) is 8.53. The first-order valence-corrected chi connectivity index (χ1v) is 11.9. The zero-order valence-electron chi connectivity index (χ0n) is 19.6. The molecule has 9 heteroatoms. The first kappa shape index (κ1) is 25.7. The summed E-state index contributed by atoms with van der Waals surface area (Å²) >= 11 is 3.41. The third-order valence-corrected chi connectivity index (χ3v) is 6.16. The van der Waals surface area contributed by atoms with E-state index in [0.29, 0.717) is 23.5 Å². The van der Waals surface area contributed by atoms with Crippen LogP contribution in [0.3, 0.4) is 0 Å². The first-order chi connectivity index (χ1) is 17.1. The van der Waals surface area contributed by atoms with E-state index in [9.17, 15) is 18.0 Å². The zero-order chi connectivity index (χ0) is 25.9. The van der Waals surface area contributed by atoms with E-state index in [-0.39, 0.29) is 11.6 Å². The summed E-state index contributed by atoms with van der Waals surface area (Å²) in [5, 5.41) is 2.99. The Kier molecular flexibility index (Phi) is 7.61. The number of amides is 1. The molecular formula is C27H24BrF3N4O. The van der Waals surface area contributed by atoms with Crippen molar-refractivity contribution >= 4 is 21.8 Å². The highest BCUT2D eigenvalue weighted by Crippen LogP contribution is 2.38. The summed E-state index contributed by atoms with van der Waals surface area (Å²) in [5.74, 6) is -0.364. The third-order valence-electron chi connectivity index (χ3n) is 5.64. The number of carbonyl (C=O) groups is 1. The molecule has 0 spiro atoms. The number of aromatic nitrogens is 2. The predicted molar refractivity (Wildman–Crippen MR) is 137 cm³/mol. The Labute approximate surface area is 215 Å². The minimum absolute atomic E-state index is 0.0118.